The largest absolute Gasteiger partial charge is 0.496 e. The predicted molar refractivity (Wildman–Crippen MR) is 56.9 cm³/mol. The van der Waals surface area contributed by atoms with E-state index in [0.29, 0.717) is 0 Å². The SMILES string of the molecule is COc1c(C)cc(C(C)C=O)cc1C. The van der Waals surface area contributed by atoms with Crippen molar-refractivity contribution >= 4 is 6.29 Å². The number of hydrogen-bond donors (Lipinski definition) is 0. The summed E-state index contributed by atoms with van der Waals surface area (Å²) in [6.45, 7) is 5.88. The van der Waals surface area contributed by atoms with E-state index in [0.717, 1.165) is 28.7 Å². The Morgan fingerprint density at radius 1 is 1.29 bits per heavy atom. The quantitative estimate of drug-likeness (QED) is 0.688. The molecule has 0 saturated heterocycles. The Balaban J connectivity index is 3.20. The van der Waals surface area contributed by atoms with Gasteiger partial charge in [0.25, 0.3) is 0 Å². The van der Waals surface area contributed by atoms with Crippen LogP contribution in [0.2, 0.25) is 0 Å². The van der Waals surface area contributed by atoms with Crippen molar-refractivity contribution < 1.29 is 9.53 Å². The molecule has 0 N–H and O–H groups in total. The van der Waals surface area contributed by atoms with E-state index in [1.165, 1.54) is 0 Å². The van der Waals surface area contributed by atoms with E-state index >= 15 is 0 Å². The molecule has 2 nitrogen and oxygen atoms in total. The van der Waals surface area contributed by atoms with Gasteiger partial charge in [0, 0.05) is 5.92 Å². The average molecular weight is 192 g/mol. The van der Waals surface area contributed by atoms with Crippen LogP contribution in [0.3, 0.4) is 0 Å². The Bertz CT molecular complexity index is 319. The molecule has 0 fully saturated rings. The molecule has 14 heavy (non-hydrogen) atoms. The fourth-order valence-corrected chi connectivity index (χ4v) is 1.65. The van der Waals surface area contributed by atoms with E-state index in [-0.39, 0.29) is 5.92 Å². The van der Waals surface area contributed by atoms with Gasteiger partial charge in [-0.1, -0.05) is 19.1 Å². The number of ether oxygens (including phenoxy) is 1. The van der Waals surface area contributed by atoms with Gasteiger partial charge in [0.15, 0.2) is 0 Å². The van der Waals surface area contributed by atoms with Crippen LogP contribution in [0.25, 0.3) is 0 Å². The lowest BCUT2D eigenvalue weighted by Gasteiger charge is -2.12. The van der Waals surface area contributed by atoms with E-state index < -0.39 is 0 Å². The summed E-state index contributed by atoms with van der Waals surface area (Å²) in [5, 5.41) is 0. The van der Waals surface area contributed by atoms with E-state index in [2.05, 4.69) is 0 Å². The number of benzene rings is 1. The van der Waals surface area contributed by atoms with Gasteiger partial charge in [-0.15, -0.1) is 0 Å². The zero-order valence-electron chi connectivity index (χ0n) is 9.13. The second kappa shape index (κ2) is 4.27. The molecule has 0 aliphatic heterocycles. The summed E-state index contributed by atoms with van der Waals surface area (Å²) in [6.07, 6.45) is 0.959. The fourth-order valence-electron chi connectivity index (χ4n) is 1.65. The molecule has 2 heteroatoms. The van der Waals surface area contributed by atoms with Crippen molar-refractivity contribution in [1.29, 1.82) is 0 Å². The Morgan fingerprint density at radius 2 is 1.79 bits per heavy atom. The zero-order valence-corrected chi connectivity index (χ0v) is 9.13. The molecule has 1 atom stereocenters. The molecule has 0 aliphatic carbocycles. The molecule has 0 amide bonds. The van der Waals surface area contributed by atoms with E-state index in [1.807, 2.05) is 32.9 Å². The lowest BCUT2D eigenvalue weighted by atomic mass is 9.97. The lowest BCUT2D eigenvalue weighted by Crippen LogP contribution is -1.98. The van der Waals surface area contributed by atoms with Crippen molar-refractivity contribution in [3.63, 3.8) is 0 Å². The van der Waals surface area contributed by atoms with Gasteiger partial charge < -0.3 is 9.53 Å². The molecule has 0 radical (unpaired) electrons. The van der Waals surface area contributed by atoms with E-state index in [9.17, 15) is 4.79 Å². The minimum absolute atomic E-state index is 0.0432. The Hall–Kier alpha value is -1.31. The van der Waals surface area contributed by atoms with Gasteiger partial charge in [-0.05, 0) is 30.5 Å². The smallest absolute Gasteiger partial charge is 0.127 e. The molecule has 1 aromatic carbocycles. The summed E-state index contributed by atoms with van der Waals surface area (Å²) in [4.78, 5) is 10.7. The summed E-state index contributed by atoms with van der Waals surface area (Å²) >= 11 is 0. The highest BCUT2D eigenvalue weighted by Gasteiger charge is 2.09. The molecule has 0 heterocycles. The second-order valence-corrected chi connectivity index (χ2v) is 3.61. The molecule has 76 valence electrons. The van der Waals surface area contributed by atoms with E-state index in [1.54, 1.807) is 7.11 Å². The Labute approximate surface area is 84.9 Å². The van der Waals surface area contributed by atoms with Crippen molar-refractivity contribution in [3.05, 3.63) is 28.8 Å². The maximum atomic E-state index is 10.7. The molecular formula is C12H16O2. The summed E-state index contributed by atoms with van der Waals surface area (Å²) < 4.78 is 5.26. The molecule has 0 aliphatic rings. The van der Waals surface area contributed by atoms with Crippen molar-refractivity contribution in [2.24, 2.45) is 0 Å². The molecule has 0 aromatic heterocycles. The third-order valence-electron chi connectivity index (χ3n) is 2.42. The molecule has 1 aromatic rings. The molecule has 0 saturated carbocycles. The first kappa shape index (κ1) is 10.8. The predicted octanol–water partition coefficient (Wildman–Crippen LogP) is 2.61. The summed E-state index contributed by atoms with van der Waals surface area (Å²) in [5.41, 5.74) is 3.21. The first-order valence-electron chi connectivity index (χ1n) is 4.70. The monoisotopic (exact) mass is 192 g/mol. The number of hydrogen-bond acceptors (Lipinski definition) is 2. The third-order valence-corrected chi connectivity index (χ3v) is 2.42. The highest BCUT2D eigenvalue weighted by atomic mass is 16.5. The van der Waals surface area contributed by atoms with Crippen LogP contribution < -0.4 is 4.74 Å². The fraction of sp³-hybridized carbons (Fsp3) is 0.417. The van der Waals surface area contributed by atoms with Gasteiger partial charge in [0.1, 0.15) is 12.0 Å². The van der Waals surface area contributed by atoms with E-state index in [4.69, 9.17) is 4.74 Å². The van der Waals surface area contributed by atoms with Crippen molar-refractivity contribution in [2.45, 2.75) is 26.7 Å². The molecule has 1 rings (SSSR count). The van der Waals surface area contributed by atoms with Crippen molar-refractivity contribution in [2.75, 3.05) is 7.11 Å². The highest BCUT2D eigenvalue weighted by Crippen LogP contribution is 2.27. The van der Waals surface area contributed by atoms with Crippen LogP contribution in [0.15, 0.2) is 12.1 Å². The van der Waals surface area contributed by atoms with Crippen molar-refractivity contribution in [1.82, 2.24) is 0 Å². The number of carbonyl (C=O) groups is 1. The summed E-state index contributed by atoms with van der Waals surface area (Å²) in [7, 11) is 1.66. The third kappa shape index (κ3) is 1.95. The summed E-state index contributed by atoms with van der Waals surface area (Å²) in [5.74, 6) is 0.866. The molecule has 1 unspecified atom stereocenters. The topological polar surface area (TPSA) is 26.3 Å². The van der Waals surface area contributed by atoms with Crippen LogP contribution in [-0.2, 0) is 4.79 Å². The van der Waals surface area contributed by atoms with Gasteiger partial charge in [-0.25, -0.2) is 0 Å². The normalized spacial score (nSPS) is 12.3. The zero-order chi connectivity index (χ0) is 10.7. The summed E-state index contributed by atoms with van der Waals surface area (Å²) in [6, 6.07) is 4.01. The average Bonchev–Trinajstić information content (AvgIpc) is 2.16. The van der Waals surface area contributed by atoms with Gasteiger partial charge in [-0.3, -0.25) is 0 Å². The number of aryl methyl sites for hydroxylation is 2. The number of methoxy groups -OCH3 is 1. The number of aldehydes is 1. The van der Waals surface area contributed by atoms with Gasteiger partial charge in [0.05, 0.1) is 7.11 Å². The maximum absolute atomic E-state index is 10.7. The molecular weight excluding hydrogens is 176 g/mol. The van der Waals surface area contributed by atoms with Gasteiger partial charge in [0.2, 0.25) is 0 Å². The Kier molecular flexibility index (Phi) is 3.28. The Morgan fingerprint density at radius 3 is 2.14 bits per heavy atom. The maximum Gasteiger partial charge on any atom is 0.127 e. The van der Waals surface area contributed by atoms with Gasteiger partial charge >= 0.3 is 0 Å². The van der Waals surface area contributed by atoms with Crippen LogP contribution in [0, 0.1) is 13.8 Å². The van der Waals surface area contributed by atoms with Crippen LogP contribution >= 0.6 is 0 Å². The van der Waals surface area contributed by atoms with Crippen molar-refractivity contribution in [3.8, 4) is 5.75 Å². The molecule has 0 spiro atoms. The first-order valence-corrected chi connectivity index (χ1v) is 4.70. The second-order valence-electron chi connectivity index (χ2n) is 3.61. The van der Waals surface area contributed by atoms with Crippen LogP contribution in [0.1, 0.15) is 29.5 Å². The van der Waals surface area contributed by atoms with Crippen LogP contribution in [0.4, 0.5) is 0 Å². The van der Waals surface area contributed by atoms with Gasteiger partial charge in [-0.2, -0.15) is 0 Å². The highest BCUT2D eigenvalue weighted by molar-refractivity contribution is 5.62. The number of carbonyl (C=O) groups excluding carboxylic acids is 1. The minimum Gasteiger partial charge on any atom is -0.496 e. The van der Waals surface area contributed by atoms with Crippen LogP contribution in [-0.4, -0.2) is 13.4 Å². The first-order chi connectivity index (χ1) is 6.60. The lowest BCUT2D eigenvalue weighted by molar-refractivity contribution is -0.108. The number of rotatable bonds is 3. The standard InChI is InChI=1S/C12H16O2/c1-8-5-11(10(3)7-13)6-9(2)12(8)14-4/h5-7,10H,1-4H3. The van der Waals surface area contributed by atoms with Crippen LogP contribution in [0.5, 0.6) is 5.75 Å². The molecule has 0 bridgehead atoms. The minimum atomic E-state index is -0.0432.